The smallest absolute Gasteiger partial charge is 0.0730 e. The molecule has 1 N–H and O–H groups in total. The van der Waals surface area contributed by atoms with Crippen LogP contribution in [-0.2, 0) is 0 Å². The van der Waals surface area contributed by atoms with E-state index < -0.39 is 0 Å². The molecule has 0 fully saturated rings. The molecule has 20 heavy (non-hydrogen) atoms. The molecule has 0 aliphatic heterocycles. The summed E-state index contributed by atoms with van der Waals surface area (Å²) in [5.74, 6) is 0. The molecule has 104 valence electrons. The van der Waals surface area contributed by atoms with Gasteiger partial charge in [-0.1, -0.05) is 80.4 Å². The zero-order chi connectivity index (χ0) is 14.2. The molecule has 1 atom stereocenters. The Bertz CT molecular complexity index is 487. The van der Waals surface area contributed by atoms with E-state index in [1.165, 1.54) is 0 Å². The summed E-state index contributed by atoms with van der Waals surface area (Å²) in [4.78, 5) is 0. The average molecular weight is 266 g/mol. The maximum Gasteiger partial charge on any atom is 0.0730 e. The Morgan fingerprint density at radius 2 is 1.45 bits per heavy atom. The van der Waals surface area contributed by atoms with Crippen molar-refractivity contribution in [2.45, 2.75) is 32.3 Å². The van der Waals surface area contributed by atoms with Gasteiger partial charge in [0.25, 0.3) is 0 Å². The van der Waals surface area contributed by atoms with Crippen LogP contribution in [-0.4, -0.2) is 11.2 Å². The molecule has 0 aliphatic rings. The highest BCUT2D eigenvalue weighted by Crippen LogP contribution is 2.24. The summed E-state index contributed by atoms with van der Waals surface area (Å²) in [5, 5.41) is 10.2. The first-order valence-corrected chi connectivity index (χ1v) is 7.32. The Hall–Kier alpha value is -1.86. The molecule has 0 saturated carbocycles. The van der Waals surface area contributed by atoms with Gasteiger partial charge in [-0.05, 0) is 29.2 Å². The molecule has 0 radical (unpaired) electrons. The van der Waals surface area contributed by atoms with Crippen molar-refractivity contribution in [2.24, 2.45) is 0 Å². The summed E-state index contributed by atoms with van der Waals surface area (Å²) in [7, 11) is 0. The summed E-state index contributed by atoms with van der Waals surface area (Å²) in [6.07, 6.45) is 4.58. The van der Waals surface area contributed by atoms with Crippen molar-refractivity contribution in [1.29, 1.82) is 0 Å². The van der Waals surface area contributed by atoms with Gasteiger partial charge in [0.1, 0.15) is 0 Å². The Morgan fingerprint density at radius 3 is 1.90 bits per heavy atom. The van der Waals surface area contributed by atoms with E-state index in [0.29, 0.717) is 0 Å². The van der Waals surface area contributed by atoms with Crippen LogP contribution >= 0.6 is 0 Å². The van der Waals surface area contributed by atoms with Gasteiger partial charge in [0.05, 0.1) is 6.10 Å². The molecular weight excluding hydrogens is 244 g/mol. The fourth-order valence-electron chi connectivity index (χ4n) is 2.28. The van der Waals surface area contributed by atoms with E-state index in [4.69, 9.17) is 0 Å². The quantitative estimate of drug-likeness (QED) is 0.805. The van der Waals surface area contributed by atoms with E-state index in [1.807, 2.05) is 42.5 Å². The molecule has 0 aliphatic carbocycles. The van der Waals surface area contributed by atoms with Crippen molar-refractivity contribution in [3.05, 3.63) is 77.9 Å². The number of hydrogen-bond donors (Lipinski definition) is 1. The molecule has 0 bridgehead atoms. The van der Waals surface area contributed by atoms with Crippen LogP contribution in [0.4, 0.5) is 0 Å². The van der Waals surface area contributed by atoms with Gasteiger partial charge in [-0.25, -0.2) is 0 Å². The second kappa shape index (κ2) is 7.66. The molecule has 0 heterocycles. The number of benzene rings is 2. The van der Waals surface area contributed by atoms with Gasteiger partial charge >= 0.3 is 0 Å². The summed E-state index contributed by atoms with van der Waals surface area (Å²) >= 11 is 0. The van der Waals surface area contributed by atoms with Crippen LogP contribution in [0.3, 0.4) is 0 Å². The van der Waals surface area contributed by atoms with Crippen molar-refractivity contribution < 1.29 is 5.11 Å². The predicted octanol–water partition coefficient (Wildman–Crippen LogP) is 4.67. The molecule has 0 aromatic heterocycles. The normalized spacial score (nSPS) is 11.9. The largest absolute Gasteiger partial charge is 0.389 e. The summed E-state index contributed by atoms with van der Waals surface area (Å²) in [5.41, 5.74) is 3.40. The highest BCUT2D eigenvalue weighted by molar-refractivity contribution is 5.79. The van der Waals surface area contributed by atoms with Crippen molar-refractivity contribution in [2.75, 3.05) is 0 Å². The fraction of sp³-hybridized carbons (Fsp3) is 0.263. The Kier molecular flexibility index (Phi) is 5.57. The zero-order valence-electron chi connectivity index (χ0n) is 12.0. The van der Waals surface area contributed by atoms with Crippen LogP contribution in [0, 0.1) is 0 Å². The lowest BCUT2D eigenvalue weighted by atomic mass is 9.95. The zero-order valence-corrected chi connectivity index (χ0v) is 12.0. The minimum Gasteiger partial charge on any atom is -0.389 e. The molecule has 0 amide bonds. The van der Waals surface area contributed by atoms with Crippen LogP contribution in [0.15, 0.2) is 66.7 Å². The molecule has 2 aromatic carbocycles. The first-order chi connectivity index (χ1) is 9.81. The number of hydrogen-bond acceptors (Lipinski definition) is 1. The molecule has 0 spiro atoms. The highest BCUT2D eigenvalue weighted by atomic mass is 16.3. The van der Waals surface area contributed by atoms with Crippen molar-refractivity contribution in [1.82, 2.24) is 0 Å². The first kappa shape index (κ1) is 14.5. The van der Waals surface area contributed by atoms with Gasteiger partial charge in [-0.2, -0.15) is 0 Å². The van der Waals surface area contributed by atoms with Crippen LogP contribution < -0.4 is 0 Å². The maximum atomic E-state index is 10.2. The number of aliphatic hydroxyl groups is 1. The molecule has 2 aromatic rings. The number of aliphatic hydroxyl groups excluding tert-OH is 1. The monoisotopic (exact) mass is 266 g/mol. The minimum atomic E-state index is -0.384. The van der Waals surface area contributed by atoms with E-state index in [1.54, 1.807) is 0 Å². The third-order valence-electron chi connectivity index (χ3n) is 3.38. The fourth-order valence-corrected chi connectivity index (χ4v) is 2.28. The average Bonchev–Trinajstić information content (AvgIpc) is 2.52. The van der Waals surface area contributed by atoms with Crippen molar-refractivity contribution in [3.8, 4) is 0 Å². The summed E-state index contributed by atoms with van der Waals surface area (Å²) in [6, 6.07) is 20.5. The number of rotatable bonds is 6. The molecule has 1 heteroatoms. The van der Waals surface area contributed by atoms with Gasteiger partial charge in [-0.3, -0.25) is 0 Å². The van der Waals surface area contributed by atoms with Crippen LogP contribution in [0.5, 0.6) is 0 Å². The Balaban J connectivity index is 2.32. The minimum absolute atomic E-state index is 0.384. The second-order valence-electron chi connectivity index (χ2n) is 5.02. The molecule has 0 saturated heterocycles. The van der Waals surface area contributed by atoms with Gasteiger partial charge in [0.2, 0.25) is 0 Å². The second-order valence-corrected chi connectivity index (χ2v) is 5.02. The first-order valence-electron chi connectivity index (χ1n) is 7.32. The topological polar surface area (TPSA) is 20.2 Å². The maximum absolute atomic E-state index is 10.2. The van der Waals surface area contributed by atoms with E-state index in [-0.39, 0.29) is 6.10 Å². The molecular formula is C19H22O. The Labute approximate surface area is 121 Å². The van der Waals surface area contributed by atoms with Crippen LogP contribution in [0.2, 0.25) is 0 Å². The van der Waals surface area contributed by atoms with Crippen molar-refractivity contribution in [3.63, 3.8) is 0 Å². The van der Waals surface area contributed by atoms with E-state index in [9.17, 15) is 5.11 Å². The summed E-state index contributed by atoms with van der Waals surface area (Å²) < 4.78 is 0. The third kappa shape index (κ3) is 4.07. The van der Waals surface area contributed by atoms with E-state index >= 15 is 0 Å². The van der Waals surface area contributed by atoms with Crippen molar-refractivity contribution >= 4 is 5.57 Å². The van der Waals surface area contributed by atoms with Gasteiger partial charge < -0.3 is 5.11 Å². The molecule has 1 nitrogen and oxygen atoms in total. The molecule has 2 rings (SSSR count). The standard InChI is InChI=1S/C19H22O/c1-2-3-14-18(20)15-19(16-10-6-4-7-11-16)17-12-8-5-9-13-17/h4-13,15,18,20H,2-3,14H2,1H3. The lowest BCUT2D eigenvalue weighted by molar-refractivity contribution is 0.209. The number of unbranched alkanes of at least 4 members (excludes halogenated alkanes) is 1. The predicted molar refractivity (Wildman–Crippen MR) is 85.5 cm³/mol. The van der Waals surface area contributed by atoms with E-state index in [0.717, 1.165) is 36.0 Å². The van der Waals surface area contributed by atoms with Gasteiger partial charge in [-0.15, -0.1) is 0 Å². The lowest BCUT2D eigenvalue weighted by Gasteiger charge is -2.12. The van der Waals surface area contributed by atoms with Gasteiger partial charge in [0, 0.05) is 0 Å². The third-order valence-corrected chi connectivity index (χ3v) is 3.38. The lowest BCUT2D eigenvalue weighted by Crippen LogP contribution is -2.03. The van der Waals surface area contributed by atoms with Gasteiger partial charge in [0.15, 0.2) is 0 Å². The van der Waals surface area contributed by atoms with E-state index in [2.05, 4.69) is 31.2 Å². The Morgan fingerprint density at radius 1 is 0.950 bits per heavy atom. The highest BCUT2D eigenvalue weighted by Gasteiger charge is 2.07. The van der Waals surface area contributed by atoms with Crippen LogP contribution in [0.1, 0.15) is 37.3 Å². The molecule has 1 unspecified atom stereocenters. The summed E-state index contributed by atoms with van der Waals surface area (Å²) in [6.45, 7) is 2.14. The SMILES string of the molecule is CCCCC(O)C=C(c1ccccc1)c1ccccc1. The van der Waals surface area contributed by atoms with Crippen LogP contribution in [0.25, 0.3) is 5.57 Å².